The lowest BCUT2D eigenvalue weighted by Crippen LogP contribution is -2.41. The standard InChI is InChI=1S/C15H17F4N3O3/c1-14(2,16)5-10-7-21(13(25)22(10)8-12(23)24)9-3-4-11(20-6-9)15(17,18)19/h3-4,6,10H,5,7-8H2,1-2H3,(H,23,24)/t10-/m0/s1. The number of nitrogens with zero attached hydrogens (tertiary/aromatic N) is 3. The number of rotatable bonds is 5. The molecule has 1 aromatic heterocycles. The molecule has 1 aliphatic rings. The number of carbonyl (C=O) groups is 2. The molecule has 2 heterocycles. The SMILES string of the molecule is CC(C)(F)C[C@H]1CN(c2ccc(C(F)(F)F)nc2)C(=O)N1CC(=O)O. The van der Waals surface area contributed by atoms with E-state index in [-0.39, 0.29) is 18.7 Å². The van der Waals surface area contributed by atoms with E-state index in [4.69, 9.17) is 5.11 Å². The number of anilines is 1. The molecule has 1 N–H and O–H groups in total. The molecule has 2 amide bonds. The number of carboxylic acids is 1. The molecule has 1 atom stereocenters. The third kappa shape index (κ3) is 4.58. The van der Waals surface area contributed by atoms with Crippen molar-refractivity contribution in [1.82, 2.24) is 9.88 Å². The second-order valence-electron chi connectivity index (χ2n) is 6.39. The second-order valence-corrected chi connectivity index (χ2v) is 6.39. The molecule has 0 unspecified atom stereocenters. The monoisotopic (exact) mass is 363 g/mol. The van der Waals surface area contributed by atoms with Gasteiger partial charge >= 0.3 is 18.2 Å². The fourth-order valence-corrected chi connectivity index (χ4v) is 2.71. The Bertz CT molecular complexity index is 655. The van der Waals surface area contributed by atoms with Gasteiger partial charge in [-0.15, -0.1) is 0 Å². The molecule has 0 radical (unpaired) electrons. The number of aromatic nitrogens is 1. The number of hydrogen-bond donors (Lipinski definition) is 1. The number of carboxylic acid groups (broad SMARTS) is 1. The van der Waals surface area contributed by atoms with Gasteiger partial charge < -0.3 is 10.0 Å². The topological polar surface area (TPSA) is 73.7 Å². The van der Waals surface area contributed by atoms with Crippen molar-refractivity contribution in [2.24, 2.45) is 0 Å². The molecule has 0 spiro atoms. The normalized spacial score (nSPS) is 18.8. The van der Waals surface area contributed by atoms with E-state index < -0.39 is 42.1 Å². The van der Waals surface area contributed by atoms with Gasteiger partial charge in [0.05, 0.1) is 17.9 Å². The molecule has 138 valence electrons. The molecule has 10 heteroatoms. The Morgan fingerprint density at radius 3 is 2.40 bits per heavy atom. The summed E-state index contributed by atoms with van der Waals surface area (Å²) in [5.74, 6) is -1.26. The minimum Gasteiger partial charge on any atom is -0.480 e. The molecule has 0 aromatic carbocycles. The van der Waals surface area contributed by atoms with Crippen molar-refractivity contribution >= 4 is 17.7 Å². The van der Waals surface area contributed by atoms with Gasteiger partial charge in [0.1, 0.15) is 17.9 Å². The molecule has 0 aliphatic carbocycles. The number of pyridine rings is 1. The van der Waals surface area contributed by atoms with Crippen LogP contribution in [0.15, 0.2) is 18.3 Å². The summed E-state index contributed by atoms with van der Waals surface area (Å²) in [6.07, 6.45) is -3.82. The maximum atomic E-state index is 14.0. The van der Waals surface area contributed by atoms with Gasteiger partial charge in [-0.2, -0.15) is 13.2 Å². The Labute approximate surface area is 141 Å². The molecular formula is C15H17F4N3O3. The second kappa shape index (κ2) is 6.49. The smallest absolute Gasteiger partial charge is 0.433 e. The van der Waals surface area contributed by atoms with Gasteiger partial charge in [0.15, 0.2) is 0 Å². The van der Waals surface area contributed by atoms with E-state index in [0.29, 0.717) is 0 Å². The largest absolute Gasteiger partial charge is 0.480 e. The van der Waals surface area contributed by atoms with E-state index in [1.54, 1.807) is 0 Å². The van der Waals surface area contributed by atoms with E-state index in [2.05, 4.69) is 4.98 Å². The number of halogens is 4. The van der Waals surface area contributed by atoms with Crippen molar-refractivity contribution < 1.29 is 32.3 Å². The summed E-state index contributed by atoms with van der Waals surface area (Å²) in [6, 6.07) is 0.385. The highest BCUT2D eigenvalue weighted by molar-refractivity contribution is 5.96. The molecular weight excluding hydrogens is 346 g/mol. The number of amides is 2. The van der Waals surface area contributed by atoms with Crippen LogP contribution in [0.1, 0.15) is 26.0 Å². The highest BCUT2D eigenvalue weighted by Crippen LogP contribution is 2.31. The molecule has 1 aliphatic heterocycles. The first kappa shape index (κ1) is 18.9. The van der Waals surface area contributed by atoms with Crippen molar-refractivity contribution in [3.05, 3.63) is 24.0 Å². The van der Waals surface area contributed by atoms with Crippen LogP contribution in [0.4, 0.5) is 28.0 Å². The van der Waals surface area contributed by atoms with Crippen molar-refractivity contribution in [2.75, 3.05) is 18.0 Å². The summed E-state index contributed by atoms with van der Waals surface area (Å²) in [6.45, 7) is 1.95. The molecule has 1 aromatic rings. The Morgan fingerprint density at radius 2 is 1.96 bits per heavy atom. The average Bonchev–Trinajstić information content (AvgIpc) is 2.73. The first-order valence-corrected chi connectivity index (χ1v) is 7.40. The summed E-state index contributed by atoms with van der Waals surface area (Å²) in [4.78, 5) is 28.8. The summed E-state index contributed by atoms with van der Waals surface area (Å²) < 4.78 is 51.7. The van der Waals surface area contributed by atoms with Crippen LogP contribution >= 0.6 is 0 Å². The Morgan fingerprint density at radius 1 is 1.32 bits per heavy atom. The van der Waals surface area contributed by atoms with Crippen molar-refractivity contribution in [1.29, 1.82) is 0 Å². The number of alkyl halides is 4. The van der Waals surface area contributed by atoms with Gasteiger partial charge in [-0.05, 0) is 26.0 Å². The zero-order chi connectivity index (χ0) is 19.0. The molecule has 0 bridgehead atoms. The summed E-state index contributed by atoms with van der Waals surface area (Å²) in [5, 5.41) is 8.95. The third-order valence-electron chi connectivity index (χ3n) is 3.69. The van der Waals surface area contributed by atoms with Crippen LogP contribution in [0.2, 0.25) is 0 Å². The first-order chi connectivity index (χ1) is 11.4. The van der Waals surface area contributed by atoms with Gasteiger partial charge in [-0.25, -0.2) is 14.2 Å². The van der Waals surface area contributed by atoms with Gasteiger partial charge in [0.25, 0.3) is 0 Å². The van der Waals surface area contributed by atoms with Crippen LogP contribution < -0.4 is 4.90 Å². The van der Waals surface area contributed by atoms with Gasteiger partial charge in [0, 0.05) is 13.0 Å². The summed E-state index contributed by atoms with van der Waals surface area (Å²) >= 11 is 0. The van der Waals surface area contributed by atoms with E-state index in [1.807, 2.05) is 0 Å². The van der Waals surface area contributed by atoms with Crippen LogP contribution in [0.5, 0.6) is 0 Å². The van der Waals surface area contributed by atoms with E-state index >= 15 is 0 Å². The zero-order valence-corrected chi connectivity index (χ0v) is 13.5. The minimum atomic E-state index is -4.61. The maximum absolute atomic E-state index is 14.0. The maximum Gasteiger partial charge on any atom is 0.433 e. The highest BCUT2D eigenvalue weighted by atomic mass is 19.4. The highest BCUT2D eigenvalue weighted by Gasteiger charge is 2.42. The van der Waals surface area contributed by atoms with Crippen molar-refractivity contribution in [3.63, 3.8) is 0 Å². The first-order valence-electron chi connectivity index (χ1n) is 7.40. The Kier molecular flexibility index (Phi) is 4.92. The third-order valence-corrected chi connectivity index (χ3v) is 3.69. The zero-order valence-electron chi connectivity index (χ0n) is 13.5. The van der Waals surface area contributed by atoms with Crippen LogP contribution in [0, 0.1) is 0 Å². The van der Waals surface area contributed by atoms with Crippen molar-refractivity contribution in [3.8, 4) is 0 Å². The predicted octanol–water partition coefficient (Wildman–Crippen LogP) is 2.93. The number of urea groups is 1. The van der Waals surface area contributed by atoms with Gasteiger partial charge in [-0.3, -0.25) is 9.69 Å². The number of carbonyl (C=O) groups excluding carboxylic acids is 1. The quantitative estimate of drug-likeness (QED) is 0.817. The summed E-state index contributed by atoms with van der Waals surface area (Å²) in [7, 11) is 0. The Balaban J connectivity index is 2.26. The lowest BCUT2D eigenvalue weighted by molar-refractivity contribution is -0.141. The lowest BCUT2D eigenvalue weighted by atomic mass is 10.0. The molecule has 6 nitrogen and oxygen atoms in total. The van der Waals surface area contributed by atoms with Crippen LogP contribution in [-0.2, 0) is 11.0 Å². The van der Waals surface area contributed by atoms with E-state index in [9.17, 15) is 27.2 Å². The molecule has 25 heavy (non-hydrogen) atoms. The predicted molar refractivity (Wildman–Crippen MR) is 79.9 cm³/mol. The summed E-state index contributed by atoms with van der Waals surface area (Å²) in [5.41, 5.74) is -2.66. The lowest BCUT2D eigenvalue weighted by Gasteiger charge is -2.25. The molecule has 0 saturated carbocycles. The van der Waals surface area contributed by atoms with E-state index in [0.717, 1.165) is 28.1 Å². The van der Waals surface area contributed by atoms with Gasteiger partial charge in [-0.1, -0.05) is 0 Å². The number of hydrogen-bond acceptors (Lipinski definition) is 3. The Hall–Kier alpha value is -2.39. The van der Waals surface area contributed by atoms with E-state index in [1.165, 1.54) is 13.8 Å². The van der Waals surface area contributed by atoms with Crippen LogP contribution in [0.3, 0.4) is 0 Å². The van der Waals surface area contributed by atoms with Crippen LogP contribution in [0.25, 0.3) is 0 Å². The average molecular weight is 363 g/mol. The molecule has 2 rings (SSSR count). The minimum absolute atomic E-state index is 0.0352. The fourth-order valence-electron chi connectivity index (χ4n) is 2.71. The van der Waals surface area contributed by atoms with Crippen LogP contribution in [-0.4, -0.2) is 51.8 Å². The fraction of sp³-hybridized carbons (Fsp3) is 0.533. The van der Waals surface area contributed by atoms with Crippen molar-refractivity contribution in [2.45, 2.75) is 38.2 Å². The molecule has 1 fully saturated rings. The number of aliphatic carboxylic acids is 1. The van der Waals surface area contributed by atoms with Gasteiger partial charge in [0.2, 0.25) is 0 Å². The molecule has 1 saturated heterocycles.